The van der Waals surface area contributed by atoms with E-state index in [1.807, 2.05) is 36.4 Å². The minimum atomic E-state index is -3.67. The molecule has 0 saturated heterocycles. The lowest BCUT2D eigenvalue weighted by Crippen LogP contribution is -2.31. The zero-order chi connectivity index (χ0) is 23.7. The Morgan fingerprint density at radius 3 is 2.56 bits per heavy atom. The normalized spacial score (nSPS) is 13.6. The van der Waals surface area contributed by atoms with Crippen LogP contribution in [0.1, 0.15) is 17.5 Å². The van der Waals surface area contributed by atoms with Gasteiger partial charge in [-0.3, -0.25) is 4.98 Å². The number of halogens is 1. The molecule has 1 aliphatic rings. The number of rotatable bonds is 6. The molecule has 7 heteroatoms. The third-order valence-corrected chi connectivity index (χ3v) is 8.55. The molecule has 174 valence electrons. The van der Waals surface area contributed by atoms with Crippen LogP contribution in [0, 0.1) is 0 Å². The summed E-state index contributed by atoms with van der Waals surface area (Å²) in [5.41, 5.74) is 5.30. The Labute approximate surface area is 205 Å². The lowest BCUT2D eigenvalue weighted by atomic mass is 10.0. The van der Waals surface area contributed by atoms with Crippen molar-refractivity contribution in [2.45, 2.75) is 24.2 Å². The molecule has 0 atom stereocenters. The number of aromatic nitrogens is 1. The molecule has 3 aromatic carbocycles. The molecule has 34 heavy (non-hydrogen) atoms. The fourth-order valence-electron chi connectivity index (χ4n) is 4.65. The smallest absolute Gasteiger partial charge is 0.244 e. The van der Waals surface area contributed by atoms with Gasteiger partial charge in [0.1, 0.15) is 4.90 Å². The number of benzene rings is 3. The lowest BCUT2D eigenvalue weighted by molar-refractivity contribution is 0.463. The minimum Gasteiger partial charge on any atom is -0.341 e. The van der Waals surface area contributed by atoms with E-state index in [0.29, 0.717) is 30.0 Å². The number of aryl methyl sites for hydroxylation is 2. The standard InChI is InChI=1S/C27H26ClN3O2S/c1-30(34(32,33)26-11-4-8-22-9-5-16-29-27(22)26)17-6-18-31-24-10-3-2-7-20(24)12-13-21-14-15-23(28)19-25(21)31/h2-5,7-11,14-16,19H,6,12-13,17-18H2,1H3. The van der Waals surface area contributed by atoms with Crippen LogP contribution in [0.4, 0.5) is 11.4 Å². The number of sulfonamides is 1. The van der Waals surface area contributed by atoms with Crippen molar-refractivity contribution < 1.29 is 8.42 Å². The highest BCUT2D eigenvalue weighted by atomic mass is 35.5. The topological polar surface area (TPSA) is 53.5 Å². The molecule has 0 unspecified atom stereocenters. The van der Waals surface area contributed by atoms with Crippen LogP contribution in [0.15, 0.2) is 83.9 Å². The zero-order valence-corrected chi connectivity index (χ0v) is 20.6. The van der Waals surface area contributed by atoms with Crippen LogP contribution >= 0.6 is 11.6 Å². The molecule has 0 aliphatic carbocycles. The molecule has 4 aromatic rings. The summed E-state index contributed by atoms with van der Waals surface area (Å²) >= 11 is 6.36. The molecule has 1 aliphatic heterocycles. The van der Waals surface area contributed by atoms with Crippen LogP contribution in [0.5, 0.6) is 0 Å². The van der Waals surface area contributed by atoms with Crippen molar-refractivity contribution in [3.63, 3.8) is 0 Å². The third-order valence-electron chi connectivity index (χ3n) is 6.42. The molecule has 1 aromatic heterocycles. The summed E-state index contributed by atoms with van der Waals surface area (Å²) in [7, 11) is -2.04. The summed E-state index contributed by atoms with van der Waals surface area (Å²) in [5.74, 6) is 0. The highest BCUT2D eigenvalue weighted by Gasteiger charge is 2.25. The number of pyridine rings is 1. The van der Waals surface area contributed by atoms with Gasteiger partial charge in [-0.2, -0.15) is 0 Å². The summed E-state index contributed by atoms with van der Waals surface area (Å²) < 4.78 is 28.2. The SMILES string of the molecule is CN(CCCN1c2ccccc2CCc2ccc(Cl)cc21)S(=O)(=O)c1cccc2cccnc12. The molecule has 0 saturated carbocycles. The molecule has 0 spiro atoms. The van der Waals surface area contributed by atoms with Gasteiger partial charge in [0.15, 0.2) is 0 Å². The predicted octanol–water partition coefficient (Wildman–Crippen LogP) is 5.84. The lowest BCUT2D eigenvalue weighted by Gasteiger charge is -2.28. The van der Waals surface area contributed by atoms with Crippen molar-refractivity contribution in [2.75, 3.05) is 25.0 Å². The van der Waals surface area contributed by atoms with Crippen LogP contribution in [0.2, 0.25) is 5.02 Å². The van der Waals surface area contributed by atoms with Gasteiger partial charge in [0, 0.05) is 48.1 Å². The van der Waals surface area contributed by atoms with Crippen LogP contribution in [-0.4, -0.2) is 37.8 Å². The Kier molecular flexibility index (Phi) is 6.30. The van der Waals surface area contributed by atoms with Gasteiger partial charge in [-0.1, -0.05) is 54.1 Å². The molecular formula is C27H26ClN3O2S. The minimum absolute atomic E-state index is 0.241. The maximum Gasteiger partial charge on any atom is 0.244 e. The van der Waals surface area contributed by atoms with E-state index in [1.54, 1.807) is 25.4 Å². The van der Waals surface area contributed by atoms with Crippen LogP contribution in [0.3, 0.4) is 0 Å². The number of fused-ring (bicyclic) bond motifs is 3. The van der Waals surface area contributed by atoms with Gasteiger partial charge in [-0.15, -0.1) is 0 Å². The second-order valence-electron chi connectivity index (χ2n) is 8.56. The summed E-state index contributed by atoms with van der Waals surface area (Å²) in [5, 5.41) is 1.51. The fourth-order valence-corrected chi connectivity index (χ4v) is 6.19. The first-order valence-corrected chi connectivity index (χ1v) is 13.2. The van der Waals surface area contributed by atoms with Crippen molar-refractivity contribution in [2.24, 2.45) is 0 Å². The second-order valence-corrected chi connectivity index (χ2v) is 11.0. The average Bonchev–Trinajstić information content (AvgIpc) is 3.00. The average molecular weight is 492 g/mol. The number of hydrogen-bond acceptors (Lipinski definition) is 4. The Hall–Kier alpha value is -2.93. The molecule has 0 radical (unpaired) electrons. The van der Waals surface area contributed by atoms with E-state index >= 15 is 0 Å². The number of anilines is 2. The van der Waals surface area contributed by atoms with Gasteiger partial charge in [-0.25, -0.2) is 12.7 Å². The Balaban J connectivity index is 1.39. The van der Waals surface area contributed by atoms with Crippen LogP contribution in [-0.2, 0) is 22.9 Å². The van der Waals surface area contributed by atoms with E-state index in [2.05, 4.69) is 34.1 Å². The van der Waals surface area contributed by atoms with Crippen molar-refractivity contribution >= 4 is 43.9 Å². The van der Waals surface area contributed by atoms with E-state index < -0.39 is 10.0 Å². The molecular weight excluding hydrogens is 466 g/mol. The monoisotopic (exact) mass is 491 g/mol. The first kappa shape index (κ1) is 22.8. The highest BCUT2D eigenvalue weighted by molar-refractivity contribution is 7.89. The van der Waals surface area contributed by atoms with Gasteiger partial charge in [-0.05, 0) is 60.7 Å². The first-order chi connectivity index (χ1) is 16.4. The van der Waals surface area contributed by atoms with Gasteiger partial charge in [0.2, 0.25) is 10.0 Å². The van der Waals surface area contributed by atoms with Crippen molar-refractivity contribution in [1.82, 2.24) is 9.29 Å². The summed E-state index contributed by atoms with van der Waals surface area (Å²) in [6.07, 6.45) is 4.20. The summed E-state index contributed by atoms with van der Waals surface area (Å²) in [4.78, 5) is 6.85. The van der Waals surface area contributed by atoms with Crippen molar-refractivity contribution in [3.8, 4) is 0 Å². The Morgan fingerprint density at radius 2 is 1.71 bits per heavy atom. The van der Waals surface area contributed by atoms with Crippen molar-refractivity contribution in [3.05, 3.63) is 95.1 Å². The second kappa shape index (κ2) is 9.37. The third kappa shape index (κ3) is 4.29. The zero-order valence-electron chi connectivity index (χ0n) is 19.0. The molecule has 5 rings (SSSR count). The quantitative estimate of drug-likeness (QED) is 0.340. The molecule has 0 N–H and O–H groups in total. The number of para-hydroxylation sites is 2. The molecule has 5 nitrogen and oxygen atoms in total. The maximum atomic E-state index is 13.4. The van der Waals surface area contributed by atoms with Gasteiger partial charge in [0.25, 0.3) is 0 Å². The maximum absolute atomic E-state index is 13.4. The largest absolute Gasteiger partial charge is 0.341 e. The van der Waals surface area contributed by atoms with Crippen LogP contribution in [0.25, 0.3) is 10.9 Å². The molecule has 0 amide bonds. The molecule has 2 heterocycles. The van der Waals surface area contributed by atoms with E-state index in [1.165, 1.54) is 15.4 Å². The van der Waals surface area contributed by atoms with Gasteiger partial charge in [0.05, 0.1) is 5.52 Å². The molecule has 0 bridgehead atoms. The van der Waals surface area contributed by atoms with Gasteiger partial charge < -0.3 is 4.90 Å². The fraction of sp³-hybridized carbons (Fsp3) is 0.222. The van der Waals surface area contributed by atoms with Crippen LogP contribution < -0.4 is 4.90 Å². The molecule has 0 fully saturated rings. The summed E-state index contributed by atoms with van der Waals surface area (Å²) in [6, 6.07) is 23.4. The van der Waals surface area contributed by atoms with E-state index in [4.69, 9.17) is 11.6 Å². The first-order valence-electron chi connectivity index (χ1n) is 11.4. The van der Waals surface area contributed by atoms with Gasteiger partial charge >= 0.3 is 0 Å². The highest BCUT2D eigenvalue weighted by Crippen LogP contribution is 2.37. The summed E-state index contributed by atoms with van der Waals surface area (Å²) in [6.45, 7) is 1.07. The predicted molar refractivity (Wildman–Crippen MR) is 138 cm³/mol. The number of nitrogens with zero attached hydrogens (tertiary/aromatic N) is 3. The Morgan fingerprint density at radius 1 is 0.941 bits per heavy atom. The Bertz CT molecular complexity index is 1450. The van der Waals surface area contributed by atoms with E-state index in [-0.39, 0.29) is 4.90 Å². The van der Waals surface area contributed by atoms with E-state index in [9.17, 15) is 8.42 Å². The van der Waals surface area contributed by atoms with Crippen molar-refractivity contribution in [1.29, 1.82) is 0 Å². The van der Waals surface area contributed by atoms with E-state index in [0.717, 1.165) is 29.6 Å². The number of hydrogen-bond donors (Lipinski definition) is 0.